The molecule has 0 heterocycles. The van der Waals surface area contributed by atoms with Crippen molar-refractivity contribution in [1.29, 1.82) is 0 Å². The molecule has 118 valence electrons. The number of aliphatic hydroxyl groups excluding tert-OH is 1. The molecular weight excluding hydrogens is 268 g/mol. The molecule has 0 aromatic heterocycles. The fourth-order valence-corrected chi connectivity index (χ4v) is 2.07. The average molecular weight is 294 g/mol. The van der Waals surface area contributed by atoms with E-state index >= 15 is 0 Å². The summed E-state index contributed by atoms with van der Waals surface area (Å²) in [4.78, 5) is 15.6. The van der Waals surface area contributed by atoms with Gasteiger partial charge in [-0.3, -0.25) is 4.79 Å². The van der Waals surface area contributed by atoms with Gasteiger partial charge in [-0.25, -0.2) is 0 Å². The standard InChI is InChI=1S/C16H26N2O3/c1-17(2)14-8-5-13(6-9-14)7-10-16(20)18(3)11-15(19)12-21-4/h5-6,8-9,15,19H,7,10-12H2,1-4H3. The Morgan fingerprint density at radius 1 is 1.24 bits per heavy atom. The van der Waals surface area contributed by atoms with E-state index in [1.165, 1.54) is 7.11 Å². The number of methoxy groups -OCH3 is 1. The van der Waals surface area contributed by atoms with Crippen LogP contribution in [-0.2, 0) is 16.0 Å². The van der Waals surface area contributed by atoms with Crippen molar-refractivity contribution in [3.63, 3.8) is 0 Å². The van der Waals surface area contributed by atoms with Crippen LogP contribution in [0.15, 0.2) is 24.3 Å². The van der Waals surface area contributed by atoms with Gasteiger partial charge in [0, 0.05) is 46.9 Å². The summed E-state index contributed by atoms with van der Waals surface area (Å²) in [7, 11) is 7.23. The molecule has 1 unspecified atom stereocenters. The van der Waals surface area contributed by atoms with Gasteiger partial charge >= 0.3 is 0 Å². The van der Waals surface area contributed by atoms with Gasteiger partial charge < -0.3 is 19.6 Å². The van der Waals surface area contributed by atoms with E-state index in [0.717, 1.165) is 11.3 Å². The molecule has 1 aromatic carbocycles. The molecular formula is C16H26N2O3. The number of aryl methyl sites for hydroxylation is 1. The summed E-state index contributed by atoms with van der Waals surface area (Å²) in [6.07, 6.45) is 0.512. The zero-order valence-corrected chi connectivity index (χ0v) is 13.4. The molecule has 5 nitrogen and oxygen atoms in total. The van der Waals surface area contributed by atoms with Gasteiger partial charge in [-0.05, 0) is 24.1 Å². The Kier molecular flexibility index (Phi) is 7.19. The number of hydrogen-bond donors (Lipinski definition) is 1. The number of amides is 1. The molecule has 1 aromatic rings. The molecule has 0 aliphatic carbocycles. The summed E-state index contributed by atoms with van der Waals surface area (Å²) in [5, 5.41) is 9.61. The SMILES string of the molecule is COCC(O)CN(C)C(=O)CCc1ccc(N(C)C)cc1. The summed E-state index contributed by atoms with van der Waals surface area (Å²) >= 11 is 0. The van der Waals surface area contributed by atoms with E-state index in [1.807, 2.05) is 43.3 Å². The molecule has 1 amide bonds. The van der Waals surface area contributed by atoms with Crippen LogP contribution in [0.2, 0.25) is 0 Å². The number of nitrogens with zero attached hydrogens (tertiary/aromatic N) is 2. The van der Waals surface area contributed by atoms with Crippen LogP contribution in [0.1, 0.15) is 12.0 Å². The van der Waals surface area contributed by atoms with Gasteiger partial charge in [0.25, 0.3) is 0 Å². The number of rotatable bonds is 8. The molecule has 21 heavy (non-hydrogen) atoms. The van der Waals surface area contributed by atoms with E-state index < -0.39 is 6.10 Å². The normalized spacial score (nSPS) is 12.0. The smallest absolute Gasteiger partial charge is 0.222 e. The van der Waals surface area contributed by atoms with E-state index in [-0.39, 0.29) is 12.5 Å². The summed E-state index contributed by atoms with van der Waals surface area (Å²) in [6.45, 7) is 0.538. The lowest BCUT2D eigenvalue weighted by Gasteiger charge is -2.20. The van der Waals surface area contributed by atoms with Gasteiger partial charge in [-0.1, -0.05) is 12.1 Å². The molecule has 1 rings (SSSR count). The van der Waals surface area contributed by atoms with Crippen LogP contribution in [-0.4, -0.2) is 63.4 Å². The van der Waals surface area contributed by atoms with Gasteiger partial charge in [0.1, 0.15) is 0 Å². The van der Waals surface area contributed by atoms with E-state index in [9.17, 15) is 9.90 Å². The van der Waals surface area contributed by atoms with Crippen LogP contribution in [0.4, 0.5) is 5.69 Å². The van der Waals surface area contributed by atoms with Crippen LogP contribution >= 0.6 is 0 Å². The lowest BCUT2D eigenvalue weighted by Crippen LogP contribution is -2.36. The topological polar surface area (TPSA) is 53.0 Å². The Hall–Kier alpha value is -1.59. The van der Waals surface area contributed by atoms with Crippen molar-refractivity contribution in [3.05, 3.63) is 29.8 Å². The van der Waals surface area contributed by atoms with Crippen LogP contribution < -0.4 is 4.90 Å². The highest BCUT2D eigenvalue weighted by molar-refractivity contribution is 5.76. The van der Waals surface area contributed by atoms with Crippen molar-refractivity contribution >= 4 is 11.6 Å². The molecule has 0 saturated heterocycles. The molecule has 0 aliphatic heterocycles. The maximum atomic E-state index is 12.0. The van der Waals surface area contributed by atoms with Crippen molar-refractivity contribution in [3.8, 4) is 0 Å². The monoisotopic (exact) mass is 294 g/mol. The minimum Gasteiger partial charge on any atom is -0.389 e. The van der Waals surface area contributed by atoms with Crippen LogP contribution in [0.25, 0.3) is 0 Å². The summed E-state index contributed by atoms with van der Waals surface area (Å²) in [5.74, 6) is 0.0295. The van der Waals surface area contributed by atoms with Gasteiger partial charge in [0.2, 0.25) is 5.91 Å². The van der Waals surface area contributed by atoms with Crippen molar-refractivity contribution in [2.75, 3.05) is 46.3 Å². The number of aliphatic hydroxyl groups is 1. The third-order valence-electron chi connectivity index (χ3n) is 3.35. The predicted molar refractivity (Wildman–Crippen MR) is 84.6 cm³/mol. The first kappa shape index (κ1) is 17.5. The Bertz CT molecular complexity index is 432. The third-order valence-corrected chi connectivity index (χ3v) is 3.35. The molecule has 0 spiro atoms. The first-order valence-electron chi connectivity index (χ1n) is 7.11. The predicted octanol–water partition coefficient (Wildman–Crippen LogP) is 1.15. The van der Waals surface area contributed by atoms with Crippen LogP contribution in [0, 0.1) is 0 Å². The van der Waals surface area contributed by atoms with Gasteiger partial charge in [0.15, 0.2) is 0 Å². The molecule has 0 fully saturated rings. The lowest BCUT2D eigenvalue weighted by molar-refractivity contribution is -0.131. The molecule has 0 radical (unpaired) electrons. The summed E-state index contributed by atoms with van der Waals surface area (Å²) < 4.78 is 4.85. The highest BCUT2D eigenvalue weighted by Gasteiger charge is 2.13. The van der Waals surface area contributed by atoms with Crippen LogP contribution in [0.3, 0.4) is 0 Å². The second-order valence-electron chi connectivity index (χ2n) is 5.44. The second kappa shape index (κ2) is 8.64. The number of benzene rings is 1. The van der Waals surface area contributed by atoms with E-state index in [2.05, 4.69) is 0 Å². The first-order chi connectivity index (χ1) is 9.93. The number of carbonyl (C=O) groups is 1. The highest BCUT2D eigenvalue weighted by Crippen LogP contribution is 2.13. The average Bonchev–Trinajstić information content (AvgIpc) is 2.45. The minimum atomic E-state index is -0.636. The zero-order chi connectivity index (χ0) is 15.8. The summed E-state index contributed by atoms with van der Waals surface area (Å²) in [6, 6.07) is 8.18. The van der Waals surface area contributed by atoms with Crippen molar-refractivity contribution in [1.82, 2.24) is 4.90 Å². The Labute approximate surface area is 127 Å². The first-order valence-corrected chi connectivity index (χ1v) is 7.11. The number of anilines is 1. The lowest BCUT2D eigenvalue weighted by atomic mass is 10.1. The zero-order valence-electron chi connectivity index (χ0n) is 13.4. The van der Waals surface area contributed by atoms with E-state index in [1.54, 1.807) is 11.9 Å². The summed E-state index contributed by atoms with van der Waals surface area (Å²) in [5.41, 5.74) is 2.28. The van der Waals surface area contributed by atoms with Gasteiger partial charge in [-0.2, -0.15) is 0 Å². The molecule has 1 atom stereocenters. The van der Waals surface area contributed by atoms with Crippen molar-refractivity contribution < 1.29 is 14.6 Å². The van der Waals surface area contributed by atoms with Gasteiger partial charge in [-0.15, -0.1) is 0 Å². The fraction of sp³-hybridized carbons (Fsp3) is 0.562. The van der Waals surface area contributed by atoms with Crippen LogP contribution in [0.5, 0.6) is 0 Å². The van der Waals surface area contributed by atoms with E-state index in [0.29, 0.717) is 19.4 Å². The largest absolute Gasteiger partial charge is 0.389 e. The fourth-order valence-electron chi connectivity index (χ4n) is 2.07. The number of carbonyl (C=O) groups excluding carboxylic acids is 1. The van der Waals surface area contributed by atoms with E-state index in [4.69, 9.17) is 4.74 Å². The molecule has 1 N–H and O–H groups in total. The Balaban J connectivity index is 2.41. The number of hydrogen-bond acceptors (Lipinski definition) is 4. The Morgan fingerprint density at radius 3 is 2.38 bits per heavy atom. The maximum absolute atomic E-state index is 12.0. The van der Waals surface area contributed by atoms with Gasteiger partial charge in [0.05, 0.1) is 12.7 Å². The second-order valence-corrected chi connectivity index (χ2v) is 5.44. The third kappa shape index (κ3) is 6.14. The maximum Gasteiger partial charge on any atom is 0.222 e. The van der Waals surface area contributed by atoms with Crippen molar-refractivity contribution in [2.45, 2.75) is 18.9 Å². The number of ether oxygens (including phenoxy) is 1. The number of likely N-dealkylation sites (N-methyl/N-ethyl adjacent to an activating group) is 1. The minimum absolute atomic E-state index is 0.0295. The molecule has 0 bridgehead atoms. The quantitative estimate of drug-likeness (QED) is 0.781. The highest BCUT2D eigenvalue weighted by atomic mass is 16.5. The molecule has 0 aliphatic rings. The molecule has 0 saturated carbocycles. The Morgan fingerprint density at radius 2 is 1.86 bits per heavy atom. The van der Waals surface area contributed by atoms with Crippen molar-refractivity contribution in [2.24, 2.45) is 0 Å². The molecule has 5 heteroatoms.